The zero-order valence-electron chi connectivity index (χ0n) is 56.7. The van der Waals surface area contributed by atoms with Crippen LogP contribution in [-0.2, 0) is 64.0 Å². The standard InChI is InChI=1S/C62H113N17O18/c1-5-6-7-8-9-10-11-12-13-14-15-16-17-24-49(85)70-41(21-18-29-63)54(89)75-45(32-39-33-68-36-69-39)58(93)72-43(23-20-31-67-4)55(90)73-44(25-27-48(65)84)57(92)78-52(38(3)83)62(97)74-42(22-19-30-64)56(91)76-46(34-80)59(94)77-47(35-81)60(95)79-51(37(2)82)61(96)71-40(53(66)88)26-28-50(86)87/h33,36-38,40-47,50-52,67,80-83,86-87H,5-32,34-35,63-64H2,1-4H3,(H2,65,84)(H2,66,88)(H,68,69)(H,70,85)(H,71,96)(H,72,93)(H,73,90)(H,74,97)(H,75,89)(H,76,91)(H,77,94)(H,78,92)(H,79,95). The van der Waals surface area contributed by atoms with E-state index in [1.807, 2.05) is 0 Å². The lowest BCUT2D eigenvalue weighted by Crippen LogP contribution is -2.63. The maximum absolute atomic E-state index is 14.4. The second-order valence-corrected chi connectivity index (χ2v) is 24.2. The van der Waals surface area contributed by atoms with Crippen molar-refractivity contribution in [3.63, 3.8) is 0 Å². The minimum absolute atomic E-state index is 0.0328. The Labute approximate surface area is 567 Å². The van der Waals surface area contributed by atoms with Gasteiger partial charge in [-0.05, 0) is 98.3 Å². The second kappa shape index (κ2) is 50.8. The molecule has 35 nitrogen and oxygen atoms in total. The molecule has 35 heteroatoms. The van der Waals surface area contributed by atoms with Gasteiger partial charge in [-0.3, -0.25) is 57.5 Å². The van der Waals surface area contributed by atoms with Crippen molar-refractivity contribution < 1.29 is 88.2 Å². The van der Waals surface area contributed by atoms with Crippen molar-refractivity contribution in [1.29, 1.82) is 0 Å². The number of aliphatic hydroxyl groups excluding tert-OH is 5. The number of nitrogens with two attached hydrogens (primary N) is 4. The van der Waals surface area contributed by atoms with Crippen molar-refractivity contribution in [1.82, 2.24) is 68.5 Å². The number of hydrogen-bond donors (Lipinski definition) is 22. The zero-order chi connectivity index (χ0) is 72.8. The molecule has 1 aromatic heterocycles. The molecule has 1 aromatic rings. The molecule has 1 rings (SSSR count). The highest BCUT2D eigenvalue weighted by Gasteiger charge is 2.38. The number of nitrogens with one attached hydrogen (secondary N) is 12. The van der Waals surface area contributed by atoms with Crippen molar-refractivity contribution in [3.05, 3.63) is 18.2 Å². The Morgan fingerprint density at radius 3 is 1.24 bits per heavy atom. The van der Waals surface area contributed by atoms with E-state index in [0.717, 1.165) is 39.5 Å². The summed E-state index contributed by atoms with van der Waals surface area (Å²) in [4.78, 5) is 169. The maximum Gasteiger partial charge on any atom is 0.245 e. The lowest BCUT2D eigenvalue weighted by atomic mass is 10.0. The van der Waals surface area contributed by atoms with Crippen molar-refractivity contribution in [2.45, 2.75) is 260 Å². The number of amides is 12. The molecule has 0 aliphatic carbocycles. The fraction of sp³-hybridized carbons (Fsp3) is 0.758. The molecule has 12 atom stereocenters. The number of rotatable bonds is 56. The molecule has 0 saturated carbocycles. The summed E-state index contributed by atoms with van der Waals surface area (Å²) >= 11 is 0. The van der Waals surface area contributed by atoms with Gasteiger partial charge in [-0.1, -0.05) is 84.0 Å². The molecule has 0 saturated heterocycles. The summed E-state index contributed by atoms with van der Waals surface area (Å²) in [7, 11) is 1.65. The predicted octanol–water partition coefficient (Wildman–Crippen LogP) is -5.65. The van der Waals surface area contributed by atoms with Gasteiger partial charge in [-0.15, -0.1) is 0 Å². The predicted molar refractivity (Wildman–Crippen MR) is 354 cm³/mol. The largest absolute Gasteiger partial charge is 0.394 e. The highest BCUT2D eigenvalue weighted by atomic mass is 16.5. The van der Waals surface area contributed by atoms with E-state index in [4.69, 9.17) is 22.9 Å². The number of aliphatic hydroxyl groups is 6. The number of carbonyl (C=O) groups is 12. The summed E-state index contributed by atoms with van der Waals surface area (Å²) in [5.74, 6) is -12.2. The third kappa shape index (κ3) is 37.1. The molecule has 0 aromatic carbocycles. The van der Waals surface area contributed by atoms with Crippen LogP contribution in [0.3, 0.4) is 0 Å². The molecule has 0 aliphatic heterocycles. The highest BCUT2D eigenvalue weighted by molar-refractivity contribution is 5.99. The van der Waals surface area contributed by atoms with Gasteiger partial charge >= 0.3 is 0 Å². The van der Waals surface area contributed by atoms with Gasteiger partial charge in [0.25, 0.3) is 0 Å². The lowest BCUT2D eigenvalue weighted by Gasteiger charge is -2.29. The zero-order valence-corrected chi connectivity index (χ0v) is 56.7. The molecule has 0 aliphatic rings. The molecule has 12 unspecified atom stereocenters. The van der Waals surface area contributed by atoms with E-state index >= 15 is 0 Å². The van der Waals surface area contributed by atoms with Crippen molar-refractivity contribution in [2.75, 3.05) is 39.9 Å². The van der Waals surface area contributed by atoms with Crippen LogP contribution in [-0.4, -0.2) is 230 Å². The molecule has 1 heterocycles. The first-order valence-electron chi connectivity index (χ1n) is 33.7. The normalized spacial score (nSPS) is 15.0. The molecule has 26 N–H and O–H groups in total. The molecular formula is C62H113N17O18. The Morgan fingerprint density at radius 2 is 0.825 bits per heavy atom. The van der Waals surface area contributed by atoms with E-state index in [2.05, 4.69) is 75.4 Å². The van der Waals surface area contributed by atoms with E-state index in [1.54, 1.807) is 7.05 Å². The van der Waals surface area contributed by atoms with E-state index in [9.17, 15) is 88.2 Å². The number of carbonyl (C=O) groups excluding carboxylic acids is 12. The number of hydrogen-bond acceptors (Lipinski definition) is 22. The van der Waals surface area contributed by atoms with Crippen LogP contribution in [0.4, 0.5) is 0 Å². The Balaban J connectivity index is 3.34. The molecule has 554 valence electrons. The van der Waals surface area contributed by atoms with Gasteiger partial charge in [-0.25, -0.2) is 4.98 Å². The SMILES string of the molecule is CCCCCCCCCCCCCCCC(=O)NC(CCCN)C(=O)NC(Cc1cnc[nH]1)C(=O)NC(CCCNC)C(=O)NC(CCC(N)=O)C(=O)NC(C(=O)NC(CCCN)C(=O)NC(CO)C(=O)NC(CO)C(=O)NC(C(=O)NC(CCC(O)O)C(N)=O)C(C)O)C(C)O. The minimum Gasteiger partial charge on any atom is -0.394 e. The number of primary amides is 2. The van der Waals surface area contributed by atoms with E-state index in [0.29, 0.717) is 25.1 Å². The van der Waals surface area contributed by atoms with Gasteiger partial charge in [0.05, 0.1) is 31.7 Å². The second-order valence-electron chi connectivity index (χ2n) is 24.2. The summed E-state index contributed by atoms with van der Waals surface area (Å²) in [5, 5.41) is 86.7. The molecule has 97 heavy (non-hydrogen) atoms. The summed E-state index contributed by atoms with van der Waals surface area (Å²) in [6.45, 7) is 2.54. The topological polar surface area (TPSA) is 591 Å². The summed E-state index contributed by atoms with van der Waals surface area (Å²) in [5.41, 5.74) is 22.7. The van der Waals surface area contributed by atoms with Gasteiger partial charge < -0.3 is 117 Å². The Bertz CT molecular complexity index is 2530. The van der Waals surface area contributed by atoms with Crippen LogP contribution in [0.2, 0.25) is 0 Å². The summed E-state index contributed by atoms with van der Waals surface area (Å²) in [6.07, 6.45) is 10.9. The average molecular weight is 1380 g/mol. The van der Waals surface area contributed by atoms with Crippen LogP contribution in [0, 0.1) is 0 Å². The first-order valence-corrected chi connectivity index (χ1v) is 33.7. The molecule has 0 bridgehead atoms. The van der Waals surface area contributed by atoms with Gasteiger partial charge in [0.15, 0.2) is 6.29 Å². The monoisotopic (exact) mass is 1380 g/mol. The third-order valence-electron chi connectivity index (χ3n) is 15.8. The first kappa shape index (κ1) is 87.5. The number of H-pyrrole nitrogens is 1. The van der Waals surface area contributed by atoms with Gasteiger partial charge in [0.2, 0.25) is 70.9 Å². The fourth-order valence-corrected chi connectivity index (χ4v) is 10.1. The van der Waals surface area contributed by atoms with Gasteiger partial charge in [0.1, 0.15) is 60.4 Å². The Kier molecular flexibility index (Phi) is 45.8. The average Bonchev–Trinajstić information content (AvgIpc) is 1.24. The smallest absolute Gasteiger partial charge is 0.245 e. The minimum atomic E-state index is -1.92. The van der Waals surface area contributed by atoms with Gasteiger partial charge in [-0.2, -0.15) is 0 Å². The fourth-order valence-electron chi connectivity index (χ4n) is 10.1. The Hall–Kier alpha value is -7.51. The molecule has 0 radical (unpaired) electrons. The Morgan fingerprint density at radius 1 is 0.443 bits per heavy atom. The maximum atomic E-state index is 14.4. The van der Waals surface area contributed by atoms with Crippen LogP contribution in [0.5, 0.6) is 0 Å². The highest BCUT2D eigenvalue weighted by Crippen LogP contribution is 2.15. The van der Waals surface area contributed by atoms with E-state index in [1.165, 1.54) is 63.9 Å². The molecule has 0 fully saturated rings. The number of aromatic amines is 1. The van der Waals surface area contributed by atoms with Crippen LogP contribution >= 0.6 is 0 Å². The van der Waals surface area contributed by atoms with Crippen molar-refractivity contribution in [3.8, 4) is 0 Å². The third-order valence-corrected chi connectivity index (χ3v) is 15.8. The number of aromatic nitrogens is 2. The van der Waals surface area contributed by atoms with Crippen molar-refractivity contribution in [2.24, 2.45) is 22.9 Å². The van der Waals surface area contributed by atoms with Crippen LogP contribution in [0.25, 0.3) is 0 Å². The van der Waals surface area contributed by atoms with Crippen LogP contribution in [0.15, 0.2) is 12.5 Å². The number of unbranched alkanes of at least 4 members (excludes halogenated alkanes) is 12. The summed E-state index contributed by atoms with van der Waals surface area (Å²) < 4.78 is 0. The molecule has 0 spiro atoms. The quantitative estimate of drug-likeness (QED) is 0.0214. The van der Waals surface area contributed by atoms with Crippen LogP contribution in [0.1, 0.15) is 181 Å². The lowest BCUT2D eigenvalue weighted by molar-refractivity contribution is -0.138. The summed E-state index contributed by atoms with van der Waals surface area (Å²) in [6, 6.07) is -16.3. The number of nitrogens with zero attached hydrogens (tertiary/aromatic N) is 1. The first-order chi connectivity index (χ1) is 46.2. The van der Waals surface area contributed by atoms with E-state index < -0.39 is 176 Å². The van der Waals surface area contributed by atoms with Gasteiger partial charge in [0, 0.05) is 37.6 Å². The van der Waals surface area contributed by atoms with Crippen LogP contribution < -0.4 is 81.4 Å². The van der Waals surface area contributed by atoms with E-state index in [-0.39, 0.29) is 70.4 Å². The number of imidazole rings is 1. The molecular weight excluding hydrogens is 1270 g/mol. The molecule has 12 amide bonds. The van der Waals surface area contributed by atoms with Crippen molar-refractivity contribution >= 4 is 70.9 Å².